The highest BCUT2D eigenvalue weighted by Gasteiger charge is 2.38. The maximum atomic E-state index is 12.2. The van der Waals surface area contributed by atoms with Gasteiger partial charge in [0, 0.05) is 26.2 Å². The van der Waals surface area contributed by atoms with Crippen molar-refractivity contribution >= 4 is 11.7 Å². The number of carbonyl (C=O) groups is 1. The molecule has 6 heteroatoms. The number of rotatable bonds is 3. The molecule has 3 rings (SSSR count). The molecule has 2 fully saturated rings. The predicted molar refractivity (Wildman–Crippen MR) is 95.0 cm³/mol. The summed E-state index contributed by atoms with van der Waals surface area (Å²) in [6.45, 7) is 6.40. The number of likely N-dealkylation sites (N-methyl/N-ethyl adjacent to an activating group) is 1. The first kappa shape index (κ1) is 17.1. The van der Waals surface area contributed by atoms with E-state index < -0.39 is 0 Å². The summed E-state index contributed by atoms with van der Waals surface area (Å²) in [6.07, 6.45) is 4.66. The molecule has 6 nitrogen and oxygen atoms in total. The van der Waals surface area contributed by atoms with Crippen molar-refractivity contribution < 1.29 is 4.79 Å². The average Bonchev–Trinajstić information content (AvgIpc) is 2.56. The first-order valence-corrected chi connectivity index (χ1v) is 8.95. The van der Waals surface area contributed by atoms with E-state index in [-0.39, 0.29) is 5.91 Å². The standard InChI is InChI=1S/C18H29N5O/c1-15-4-5-16(20-19-15)22-10-6-18(7-11-22)8-12-23(13-9-18)17(24)14-21(2)3/h4-5H,6-14H2,1-3H3. The number of amides is 1. The van der Waals surface area contributed by atoms with Gasteiger partial charge in [0.05, 0.1) is 12.2 Å². The third-order valence-electron chi connectivity index (χ3n) is 5.56. The van der Waals surface area contributed by atoms with E-state index >= 15 is 0 Å². The van der Waals surface area contributed by atoms with E-state index in [0.29, 0.717) is 12.0 Å². The number of aryl methyl sites for hydroxylation is 1. The van der Waals surface area contributed by atoms with Crippen LogP contribution in [0.2, 0.25) is 0 Å². The molecule has 0 N–H and O–H groups in total. The molecular formula is C18H29N5O. The minimum Gasteiger partial charge on any atom is -0.355 e. The van der Waals surface area contributed by atoms with Crippen LogP contribution in [-0.4, -0.2) is 72.7 Å². The number of piperidine rings is 2. The highest BCUT2D eigenvalue weighted by molar-refractivity contribution is 5.78. The largest absolute Gasteiger partial charge is 0.355 e. The summed E-state index contributed by atoms with van der Waals surface area (Å²) in [4.78, 5) is 18.6. The molecule has 0 aliphatic carbocycles. The Morgan fingerprint density at radius 2 is 1.71 bits per heavy atom. The van der Waals surface area contributed by atoms with Crippen molar-refractivity contribution in [3.05, 3.63) is 17.8 Å². The van der Waals surface area contributed by atoms with Crippen molar-refractivity contribution in [1.29, 1.82) is 0 Å². The van der Waals surface area contributed by atoms with E-state index in [2.05, 4.69) is 21.2 Å². The van der Waals surface area contributed by atoms with Crippen LogP contribution in [-0.2, 0) is 4.79 Å². The van der Waals surface area contributed by atoms with E-state index in [1.54, 1.807) is 0 Å². The summed E-state index contributed by atoms with van der Waals surface area (Å²) in [7, 11) is 3.90. The Morgan fingerprint density at radius 1 is 1.08 bits per heavy atom. The van der Waals surface area contributed by atoms with Gasteiger partial charge in [-0.15, -0.1) is 5.10 Å². The molecule has 132 valence electrons. The van der Waals surface area contributed by atoms with Crippen LogP contribution in [0.25, 0.3) is 0 Å². The monoisotopic (exact) mass is 331 g/mol. The second-order valence-corrected chi connectivity index (χ2v) is 7.64. The van der Waals surface area contributed by atoms with Gasteiger partial charge in [0.15, 0.2) is 5.82 Å². The van der Waals surface area contributed by atoms with Crippen LogP contribution in [0.1, 0.15) is 31.4 Å². The van der Waals surface area contributed by atoms with Crippen molar-refractivity contribution in [2.75, 3.05) is 51.7 Å². The second-order valence-electron chi connectivity index (χ2n) is 7.64. The summed E-state index contributed by atoms with van der Waals surface area (Å²) >= 11 is 0. The van der Waals surface area contributed by atoms with Gasteiger partial charge in [0.25, 0.3) is 0 Å². The fourth-order valence-corrected chi connectivity index (χ4v) is 3.87. The van der Waals surface area contributed by atoms with Crippen LogP contribution >= 0.6 is 0 Å². The molecular weight excluding hydrogens is 302 g/mol. The average molecular weight is 331 g/mol. The predicted octanol–water partition coefficient (Wildman–Crippen LogP) is 1.56. The van der Waals surface area contributed by atoms with Crippen molar-refractivity contribution in [3.63, 3.8) is 0 Å². The van der Waals surface area contributed by atoms with Gasteiger partial charge in [-0.25, -0.2) is 0 Å². The van der Waals surface area contributed by atoms with Gasteiger partial charge >= 0.3 is 0 Å². The quantitative estimate of drug-likeness (QED) is 0.841. The molecule has 0 aromatic carbocycles. The SMILES string of the molecule is Cc1ccc(N2CCC3(CCN(C(=O)CN(C)C)CC3)CC2)nn1. The van der Waals surface area contributed by atoms with Crippen LogP contribution in [0, 0.1) is 12.3 Å². The highest BCUT2D eigenvalue weighted by atomic mass is 16.2. The molecule has 1 aromatic heterocycles. The number of nitrogens with zero attached hydrogens (tertiary/aromatic N) is 5. The lowest BCUT2D eigenvalue weighted by molar-refractivity contribution is -0.134. The molecule has 0 saturated carbocycles. The lowest BCUT2D eigenvalue weighted by Crippen LogP contribution is -2.49. The Bertz CT molecular complexity index is 553. The number of likely N-dealkylation sites (tertiary alicyclic amines) is 1. The van der Waals surface area contributed by atoms with Crippen LogP contribution in [0.15, 0.2) is 12.1 Å². The minimum absolute atomic E-state index is 0.266. The van der Waals surface area contributed by atoms with Gasteiger partial charge in [-0.05, 0) is 64.3 Å². The topological polar surface area (TPSA) is 52.6 Å². The summed E-state index contributed by atoms with van der Waals surface area (Å²) in [6, 6.07) is 4.10. The van der Waals surface area contributed by atoms with E-state index in [0.717, 1.165) is 50.5 Å². The van der Waals surface area contributed by atoms with E-state index in [1.165, 1.54) is 12.8 Å². The van der Waals surface area contributed by atoms with Crippen molar-refractivity contribution in [2.24, 2.45) is 5.41 Å². The molecule has 1 aromatic rings. The van der Waals surface area contributed by atoms with Crippen LogP contribution in [0.5, 0.6) is 0 Å². The van der Waals surface area contributed by atoms with E-state index in [1.807, 2.05) is 36.9 Å². The van der Waals surface area contributed by atoms with Gasteiger partial charge in [0.2, 0.25) is 5.91 Å². The number of anilines is 1. The summed E-state index contributed by atoms with van der Waals surface area (Å²) in [5.41, 5.74) is 1.38. The highest BCUT2D eigenvalue weighted by Crippen LogP contribution is 2.41. The first-order valence-electron chi connectivity index (χ1n) is 8.95. The minimum atomic E-state index is 0.266. The Kier molecular flexibility index (Phi) is 5.04. The number of hydrogen-bond donors (Lipinski definition) is 0. The smallest absolute Gasteiger partial charge is 0.236 e. The Labute approximate surface area is 144 Å². The Balaban J connectivity index is 1.52. The molecule has 24 heavy (non-hydrogen) atoms. The fraction of sp³-hybridized carbons (Fsp3) is 0.722. The van der Waals surface area contributed by atoms with Crippen LogP contribution < -0.4 is 4.90 Å². The van der Waals surface area contributed by atoms with E-state index in [9.17, 15) is 4.79 Å². The van der Waals surface area contributed by atoms with Gasteiger partial charge in [0.1, 0.15) is 0 Å². The van der Waals surface area contributed by atoms with Crippen molar-refractivity contribution in [2.45, 2.75) is 32.6 Å². The second kappa shape index (κ2) is 7.05. The maximum Gasteiger partial charge on any atom is 0.236 e. The Hall–Kier alpha value is -1.69. The normalized spacial score (nSPS) is 20.7. The van der Waals surface area contributed by atoms with Gasteiger partial charge in [-0.1, -0.05) is 0 Å². The molecule has 2 saturated heterocycles. The third kappa shape index (κ3) is 3.86. The van der Waals surface area contributed by atoms with Gasteiger partial charge in [-0.2, -0.15) is 5.10 Å². The molecule has 2 aliphatic rings. The Morgan fingerprint density at radius 3 is 2.25 bits per heavy atom. The summed E-state index contributed by atoms with van der Waals surface area (Å²) < 4.78 is 0. The van der Waals surface area contributed by atoms with Crippen molar-refractivity contribution in [3.8, 4) is 0 Å². The van der Waals surface area contributed by atoms with Crippen LogP contribution in [0.3, 0.4) is 0 Å². The lowest BCUT2D eigenvalue weighted by Gasteiger charge is -2.47. The van der Waals surface area contributed by atoms with Crippen molar-refractivity contribution in [1.82, 2.24) is 20.0 Å². The summed E-state index contributed by atoms with van der Waals surface area (Å²) in [5.74, 6) is 1.26. The lowest BCUT2D eigenvalue weighted by atomic mass is 9.71. The zero-order valence-corrected chi connectivity index (χ0v) is 15.2. The zero-order chi connectivity index (χ0) is 17.2. The molecule has 1 amide bonds. The number of carbonyl (C=O) groups excluding carboxylic acids is 1. The molecule has 0 bridgehead atoms. The maximum absolute atomic E-state index is 12.2. The van der Waals surface area contributed by atoms with Gasteiger partial charge < -0.3 is 14.7 Å². The van der Waals surface area contributed by atoms with Gasteiger partial charge in [-0.3, -0.25) is 4.79 Å². The molecule has 0 atom stereocenters. The molecule has 2 aliphatic heterocycles. The molecule has 0 radical (unpaired) electrons. The third-order valence-corrected chi connectivity index (χ3v) is 5.56. The van der Waals surface area contributed by atoms with Crippen LogP contribution in [0.4, 0.5) is 5.82 Å². The molecule has 1 spiro atoms. The summed E-state index contributed by atoms with van der Waals surface area (Å²) in [5, 5.41) is 8.49. The van der Waals surface area contributed by atoms with E-state index in [4.69, 9.17) is 0 Å². The number of hydrogen-bond acceptors (Lipinski definition) is 5. The molecule has 0 unspecified atom stereocenters. The zero-order valence-electron chi connectivity index (χ0n) is 15.2. The number of aromatic nitrogens is 2. The first-order chi connectivity index (χ1) is 11.5. The molecule has 3 heterocycles. The fourth-order valence-electron chi connectivity index (χ4n) is 3.87.